The number of amides is 1. The largest absolute Gasteiger partial charge is 0.332 e. The van der Waals surface area contributed by atoms with Crippen LogP contribution in [0.4, 0.5) is 0 Å². The van der Waals surface area contributed by atoms with E-state index in [1.54, 1.807) is 0 Å². The molecule has 28 heavy (non-hydrogen) atoms. The van der Waals surface area contributed by atoms with Gasteiger partial charge in [0.25, 0.3) is 0 Å². The number of fused-ring (bicyclic) bond motifs is 1. The van der Waals surface area contributed by atoms with E-state index in [2.05, 4.69) is 21.8 Å². The van der Waals surface area contributed by atoms with Crippen LogP contribution in [-0.2, 0) is 24.3 Å². The van der Waals surface area contributed by atoms with Gasteiger partial charge in [0.15, 0.2) is 0 Å². The number of nitrogens with zero attached hydrogens (tertiary/aromatic N) is 4. The summed E-state index contributed by atoms with van der Waals surface area (Å²) < 4.78 is 3.99. The van der Waals surface area contributed by atoms with Gasteiger partial charge in [0.2, 0.25) is 5.91 Å². The van der Waals surface area contributed by atoms with E-state index < -0.39 is 0 Å². The van der Waals surface area contributed by atoms with E-state index in [0.717, 1.165) is 28.2 Å². The van der Waals surface area contributed by atoms with Crippen molar-refractivity contribution in [2.75, 3.05) is 0 Å². The standard InChI is InChI=1S/C23H20N4O/c28-23(14-18-8-10-20(11-9-18)25-12-4-5-13-25)26-16-19-15-24-27(22(19)17-26)21-6-2-1-3-7-21/h1-13,15H,14,16-17H2. The fraction of sp³-hybridized carbons (Fsp3) is 0.130. The van der Waals surface area contributed by atoms with E-state index in [1.165, 1.54) is 0 Å². The molecule has 5 heteroatoms. The first-order valence-corrected chi connectivity index (χ1v) is 9.39. The lowest BCUT2D eigenvalue weighted by Gasteiger charge is -2.16. The normalized spacial score (nSPS) is 12.9. The van der Waals surface area contributed by atoms with Crippen molar-refractivity contribution in [1.29, 1.82) is 0 Å². The average Bonchev–Trinajstić information content (AvgIpc) is 3.46. The van der Waals surface area contributed by atoms with Gasteiger partial charge in [0.05, 0.1) is 30.5 Å². The molecule has 5 nitrogen and oxygen atoms in total. The Morgan fingerprint density at radius 1 is 0.857 bits per heavy atom. The van der Waals surface area contributed by atoms with Gasteiger partial charge in [-0.3, -0.25) is 4.79 Å². The Morgan fingerprint density at radius 3 is 2.36 bits per heavy atom. The summed E-state index contributed by atoms with van der Waals surface area (Å²) in [6.07, 6.45) is 6.31. The molecular formula is C23H20N4O. The third-order valence-corrected chi connectivity index (χ3v) is 5.20. The molecule has 3 heterocycles. The number of carbonyl (C=O) groups excluding carboxylic acids is 1. The van der Waals surface area contributed by atoms with Crippen molar-refractivity contribution in [3.8, 4) is 11.4 Å². The Hall–Kier alpha value is -3.60. The molecule has 0 fully saturated rings. The molecule has 0 saturated carbocycles. The first kappa shape index (κ1) is 16.6. The molecule has 0 bridgehead atoms. The van der Waals surface area contributed by atoms with Crippen LogP contribution in [0.1, 0.15) is 16.8 Å². The Balaban J connectivity index is 1.28. The van der Waals surface area contributed by atoms with Crippen LogP contribution >= 0.6 is 0 Å². The fourth-order valence-electron chi connectivity index (χ4n) is 3.70. The van der Waals surface area contributed by atoms with Gasteiger partial charge in [-0.1, -0.05) is 30.3 Å². The summed E-state index contributed by atoms with van der Waals surface area (Å²) in [4.78, 5) is 14.7. The Labute approximate surface area is 163 Å². The number of rotatable bonds is 4. The lowest BCUT2D eigenvalue weighted by Crippen LogP contribution is -2.27. The SMILES string of the molecule is O=C(Cc1ccc(-n2cccc2)cc1)N1Cc2cnn(-c3ccccc3)c2C1. The zero-order valence-corrected chi connectivity index (χ0v) is 15.4. The van der Waals surface area contributed by atoms with E-state index in [4.69, 9.17) is 0 Å². The highest BCUT2D eigenvalue weighted by Crippen LogP contribution is 2.25. The predicted molar refractivity (Wildman–Crippen MR) is 107 cm³/mol. The van der Waals surface area contributed by atoms with Crippen molar-refractivity contribution in [2.45, 2.75) is 19.5 Å². The van der Waals surface area contributed by atoms with Crippen LogP contribution in [-0.4, -0.2) is 25.2 Å². The second kappa shape index (κ2) is 6.85. The summed E-state index contributed by atoms with van der Waals surface area (Å²) in [6, 6.07) is 22.2. The summed E-state index contributed by atoms with van der Waals surface area (Å²) in [6.45, 7) is 1.23. The predicted octanol–water partition coefficient (Wildman–Crippen LogP) is 3.75. The van der Waals surface area contributed by atoms with Crippen molar-refractivity contribution < 1.29 is 4.79 Å². The molecule has 1 aliphatic rings. The van der Waals surface area contributed by atoms with Gasteiger partial charge < -0.3 is 9.47 Å². The molecule has 0 N–H and O–H groups in total. The number of aromatic nitrogens is 3. The van der Waals surface area contributed by atoms with Crippen LogP contribution in [0, 0.1) is 0 Å². The van der Waals surface area contributed by atoms with E-state index in [0.29, 0.717) is 19.5 Å². The second-order valence-corrected chi connectivity index (χ2v) is 7.05. The monoisotopic (exact) mass is 368 g/mol. The van der Waals surface area contributed by atoms with Crippen LogP contribution in [0.2, 0.25) is 0 Å². The minimum atomic E-state index is 0.143. The maximum atomic E-state index is 12.8. The summed E-state index contributed by atoms with van der Waals surface area (Å²) in [5.74, 6) is 0.143. The molecule has 0 spiro atoms. The molecule has 0 atom stereocenters. The summed E-state index contributed by atoms with van der Waals surface area (Å²) in [5.41, 5.74) is 5.38. The van der Waals surface area contributed by atoms with Gasteiger partial charge in [-0.05, 0) is 42.0 Å². The second-order valence-electron chi connectivity index (χ2n) is 7.05. The highest BCUT2D eigenvalue weighted by molar-refractivity contribution is 5.79. The molecule has 0 unspecified atom stereocenters. The average molecular weight is 368 g/mol. The molecule has 4 aromatic rings. The lowest BCUT2D eigenvalue weighted by atomic mass is 10.1. The van der Waals surface area contributed by atoms with Crippen molar-refractivity contribution in [3.63, 3.8) is 0 Å². The van der Waals surface area contributed by atoms with Gasteiger partial charge in [-0.25, -0.2) is 4.68 Å². The smallest absolute Gasteiger partial charge is 0.227 e. The van der Waals surface area contributed by atoms with Gasteiger partial charge in [0.1, 0.15) is 0 Å². The molecule has 0 radical (unpaired) electrons. The highest BCUT2D eigenvalue weighted by Gasteiger charge is 2.27. The van der Waals surface area contributed by atoms with Crippen LogP contribution in [0.3, 0.4) is 0 Å². The number of hydrogen-bond donors (Lipinski definition) is 0. The van der Waals surface area contributed by atoms with Crippen LogP contribution in [0.25, 0.3) is 11.4 Å². The molecule has 2 aromatic heterocycles. The molecule has 1 aliphatic heterocycles. The van der Waals surface area contributed by atoms with Gasteiger partial charge in [-0.15, -0.1) is 0 Å². The van der Waals surface area contributed by atoms with E-state index in [1.807, 2.05) is 82.8 Å². The fourth-order valence-corrected chi connectivity index (χ4v) is 3.70. The molecular weight excluding hydrogens is 348 g/mol. The summed E-state index contributed by atoms with van der Waals surface area (Å²) >= 11 is 0. The van der Waals surface area contributed by atoms with E-state index >= 15 is 0 Å². The van der Waals surface area contributed by atoms with Crippen molar-refractivity contribution in [2.24, 2.45) is 0 Å². The minimum absolute atomic E-state index is 0.143. The summed E-state index contributed by atoms with van der Waals surface area (Å²) in [5, 5.41) is 4.50. The van der Waals surface area contributed by atoms with Crippen LogP contribution < -0.4 is 0 Å². The zero-order valence-electron chi connectivity index (χ0n) is 15.4. The number of carbonyl (C=O) groups is 1. The van der Waals surface area contributed by atoms with E-state index in [-0.39, 0.29) is 5.91 Å². The molecule has 1 amide bonds. The topological polar surface area (TPSA) is 43.1 Å². The molecule has 0 saturated heterocycles. The molecule has 2 aromatic carbocycles. The number of para-hydroxylation sites is 1. The first-order valence-electron chi connectivity index (χ1n) is 9.39. The van der Waals surface area contributed by atoms with Gasteiger partial charge in [-0.2, -0.15) is 5.10 Å². The van der Waals surface area contributed by atoms with Gasteiger partial charge in [0, 0.05) is 30.2 Å². The molecule has 0 aliphatic carbocycles. The summed E-state index contributed by atoms with van der Waals surface area (Å²) in [7, 11) is 0. The van der Waals surface area contributed by atoms with Crippen LogP contribution in [0.5, 0.6) is 0 Å². The number of benzene rings is 2. The van der Waals surface area contributed by atoms with E-state index in [9.17, 15) is 4.79 Å². The minimum Gasteiger partial charge on any atom is -0.332 e. The zero-order chi connectivity index (χ0) is 18.9. The number of hydrogen-bond acceptors (Lipinski definition) is 2. The third kappa shape index (κ3) is 3.01. The third-order valence-electron chi connectivity index (χ3n) is 5.20. The maximum absolute atomic E-state index is 12.8. The highest BCUT2D eigenvalue weighted by atomic mass is 16.2. The lowest BCUT2D eigenvalue weighted by molar-refractivity contribution is -0.131. The maximum Gasteiger partial charge on any atom is 0.227 e. The quantitative estimate of drug-likeness (QED) is 0.551. The first-order chi connectivity index (χ1) is 13.8. The Kier molecular flexibility index (Phi) is 4.05. The Morgan fingerprint density at radius 2 is 1.61 bits per heavy atom. The van der Waals surface area contributed by atoms with Crippen molar-refractivity contribution >= 4 is 5.91 Å². The van der Waals surface area contributed by atoms with Crippen LogP contribution in [0.15, 0.2) is 85.3 Å². The molecule has 138 valence electrons. The molecule has 5 rings (SSSR count). The van der Waals surface area contributed by atoms with Gasteiger partial charge >= 0.3 is 0 Å². The van der Waals surface area contributed by atoms with Crippen molar-refractivity contribution in [3.05, 3.63) is 102 Å². The van der Waals surface area contributed by atoms with Crippen molar-refractivity contribution in [1.82, 2.24) is 19.2 Å². The Bertz CT molecular complexity index is 1100.